The van der Waals surface area contributed by atoms with Gasteiger partial charge in [-0.05, 0) is 42.5 Å². The number of methoxy groups -OCH3 is 2. The first-order chi connectivity index (χ1) is 11.8. The number of anilines is 1. The third-order valence-corrected chi connectivity index (χ3v) is 3.91. The molecule has 0 aliphatic rings. The van der Waals surface area contributed by atoms with Crippen molar-refractivity contribution in [2.24, 2.45) is 0 Å². The van der Waals surface area contributed by atoms with Gasteiger partial charge in [-0.1, -0.05) is 12.1 Å². The summed E-state index contributed by atoms with van der Waals surface area (Å²) >= 11 is 0. The molecule has 2 aromatic rings. The van der Waals surface area contributed by atoms with Crippen molar-refractivity contribution in [2.45, 2.75) is 0 Å². The van der Waals surface area contributed by atoms with Crippen molar-refractivity contribution in [3.05, 3.63) is 59.7 Å². The van der Waals surface area contributed by atoms with Gasteiger partial charge in [-0.15, -0.1) is 0 Å². The van der Waals surface area contributed by atoms with Gasteiger partial charge in [0.25, 0.3) is 0 Å². The maximum absolute atomic E-state index is 12.4. The number of benzene rings is 2. The molecule has 25 heavy (non-hydrogen) atoms. The summed E-state index contributed by atoms with van der Waals surface area (Å²) in [7, 11) is -0.302. The van der Waals surface area contributed by atoms with E-state index in [2.05, 4.69) is 4.72 Å². The molecule has 0 amide bonds. The van der Waals surface area contributed by atoms with E-state index in [-0.39, 0.29) is 5.78 Å². The lowest BCUT2D eigenvalue weighted by atomic mass is 10.1. The van der Waals surface area contributed by atoms with E-state index in [4.69, 9.17) is 9.47 Å². The highest BCUT2D eigenvalue weighted by Crippen LogP contribution is 2.25. The Labute approximate surface area is 147 Å². The van der Waals surface area contributed by atoms with Crippen LogP contribution >= 0.6 is 0 Å². The number of hydrogen-bond acceptors (Lipinski definition) is 5. The highest BCUT2D eigenvalue weighted by molar-refractivity contribution is 7.92. The van der Waals surface area contributed by atoms with Crippen molar-refractivity contribution in [2.75, 3.05) is 25.2 Å². The molecule has 0 saturated carbocycles. The van der Waals surface area contributed by atoms with Crippen LogP contribution in [-0.2, 0) is 10.0 Å². The monoisotopic (exact) mass is 361 g/mol. The summed E-state index contributed by atoms with van der Waals surface area (Å²) in [6.07, 6.45) is 4.08. The summed E-state index contributed by atoms with van der Waals surface area (Å²) in [5.74, 6) is 0.992. The standard InChI is InChI=1S/C18H19NO5S/c1-23-16-8-10-18(24-2)14(12-16)7-9-17(20)13-5-4-6-15(11-13)19-25(3,21)22/h4-12,19H,1-3H3/b9-7+. The quantitative estimate of drug-likeness (QED) is 0.606. The summed E-state index contributed by atoms with van der Waals surface area (Å²) < 4.78 is 35.3. The molecule has 0 saturated heterocycles. The fraction of sp³-hybridized carbons (Fsp3) is 0.167. The van der Waals surface area contributed by atoms with Gasteiger partial charge in [-0.25, -0.2) is 8.42 Å². The Hall–Kier alpha value is -2.80. The van der Waals surface area contributed by atoms with E-state index in [0.717, 1.165) is 6.26 Å². The lowest BCUT2D eigenvalue weighted by Crippen LogP contribution is -2.10. The molecule has 0 heterocycles. The molecule has 0 spiro atoms. The second-order valence-corrected chi connectivity index (χ2v) is 7.01. The van der Waals surface area contributed by atoms with E-state index >= 15 is 0 Å². The lowest BCUT2D eigenvalue weighted by molar-refractivity contribution is 0.104. The number of hydrogen-bond donors (Lipinski definition) is 1. The number of nitrogens with one attached hydrogen (secondary N) is 1. The van der Waals surface area contributed by atoms with E-state index < -0.39 is 10.0 Å². The van der Waals surface area contributed by atoms with Gasteiger partial charge in [0.1, 0.15) is 11.5 Å². The summed E-state index contributed by atoms with van der Waals surface area (Å²) in [4.78, 5) is 12.4. The summed E-state index contributed by atoms with van der Waals surface area (Å²) in [5.41, 5.74) is 1.40. The van der Waals surface area contributed by atoms with Crippen molar-refractivity contribution >= 4 is 27.6 Å². The Morgan fingerprint density at radius 3 is 2.48 bits per heavy atom. The average molecular weight is 361 g/mol. The van der Waals surface area contributed by atoms with Crippen molar-refractivity contribution in [3.63, 3.8) is 0 Å². The van der Waals surface area contributed by atoms with Crippen molar-refractivity contribution < 1.29 is 22.7 Å². The largest absolute Gasteiger partial charge is 0.497 e. The highest BCUT2D eigenvalue weighted by Gasteiger charge is 2.07. The minimum Gasteiger partial charge on any atom is -0.497 e. The second kappa shape index (κ2) is 7.85. The van der Waals surface area contributed by atoms with Crippen molar-refractivity contribution in [1.29, 1.82) is 0 Å². The van der Waals surface area contributed by atoms with Crippen LogP contribution in [0.15, 0.2) is 48.5 Å². The molecule has 0 atom stereocenters. The van der Waals surface area contributed by atoms with Gasteiger partial charge in [0.05, 0.1) is 20.5 Å². The van der Waals surface area contributed by atoms with Gasteiger partial charge < -0.3 is 9.47 Å². The SMILES string of the molecule is COc1ccc(OC)c(/C=C/C(=O)c2cccc(NS(C)(=O)=O)c2)c1. The number of carbonyl (C=O) groups is 1. The number of sulfonamides is 1. The zero-order chi connectivity index (χ0) is 18.4. The van der Waals surface area contributed by atoms with Crippen LogP contribution < -0.4 is 14.2 Å². The Kier molecular flexibility index (Phi) is 5.82. The predicted octanol–water partition coefficient (Wildman–Crippen LogP) is 2.97. The molecule has 132 valence electrons. The summed E-state index contributed by atoms with van der Waals surface area (Å²) in [5, 5.41) is 0. The Balaban J connectivity index is 2.25. The lowest BCUT2D eigenvalue weighted by Gasteiger charge is -2.07. The number of ether oxygens (including phenoxy) is 2. The van der Waals surface area contributed by atoms with Gasteiger partial charge in [-0.3, -0.25) is 9.52 Å². The zero-order valence-electron chi connectivity index (χ0n) is 14.1. The van der Waals surface area contributed by atoms with E-state index in [0.29, 0.717) is 28.3 Å². The number of rotatable bonds is 7. The van der Waals surface area contributed by atoms with E-state index in [1.165, 1.54) is 12.1 Å². The number of allylic oxidation sites excluding steroid dienone is 1. The third-order valence-electron chi connectivity index (χ3n) is 3.30. The van der Waals surface area contributed by atoms with Crippen molar-refractivity contribution in [3.8, 4) is 11.5 Å². The first kappa shape index (κ1) is 18.5. The zero-order valence-corrected chi connectivity index (χ0v) is 15.0. The summed E-state index contributed by atoms with van der Waals surface area (Å²) in [6, 6.07) is 11.6. The molecule has 0 radical (unpaired) electrons. The fourth-order valence-corrected chi connectivity index (χ4v) is 2.74. The van der Waals surface area contributed by atoms with Crippen LogP contribution in [0.4, 0.5) is 5.69 Å². The molecule has 0 aliphatic heterocycles. The molecule has 7 heteroatoms. The highest BCUT2D eigenvalue weighted by atomic mass is 32.2. The second-order valence-electron chi connectivity index (χ2n) is 5.26. The maximum Gasteiger partial charge on any atom is 0.229 e. The van der Waals surface area contributed by atoms with Crippen LogP contribution in [0.1, 0.15) is 15.9 Å². The minimum absolute atomic E-state index is 0.262. The molecule has 2 aromatic carbocycles. The normalized spacial score (nSPS) is 11.3. The molecular formula is C18H19NO5S. The first-order valence-corrected chi connectivity index (χ1v) is 9.24. The Bertz CT molecular complexity index is 903. The van der Waals surface area contributed by atoms with Gasteiger partial charge in [0, 0.05) is 16.8 Å². The van der Waals surface area contributed by atoms with E-state index in [1.807, 2.05) is 0 Å². The van der Waals surface area contributed by atoms with Crippen molar-refractivity contribution in [1.82, 2.24) is 0 Å². The van der Waals surface area contributed by atoms with Crippen LogP contribution in [0.5, 0.6) is 11.5 Å². The van der Waals surface area contributed by atoms with Gasteiger partial charge in [0.15, 0.2) is 5.78 Å². The van der Waals surface area contributed by atoms with E-state index in [1.54, 1.807) is 56.7 Å². The molecule has 0 fully saturated rings. The molecule has 0 aliphatic carbocycles. The smallest absolute Gasteiger partial charge is 0.229 e. The first-order valence-electron chi connectivity index (χ1n) is 7.34. The van der Waals surface area contributed by atoms with E-state index in [9.17, 15) is 13.2 Å². The molecular weight excluding hydrogens is 342 g/mol. The number of carbonyl (C=O) groups excluding carboxylic acids is 1. The Morgan fingerprint density at radius 2 is 1.84 bits per heavy atom. The molecule has 6 nitrogen and oxygen atoms in total. The molecule has 1 N–H and O–H groups in total. The molecule has 2 rings (SSSR count). The van der Waals surface area contributed by atoms with Crippen LogP contribution in [0, 0.1) is 0 Å². The topological polar surface area (TPSA) is 81.7 Å². The van der Waals surface area contributed by atoms with Crippen LogP contribution in [0.3, 0.4) is 0 Å². The van der Waals surface area contributed by atoms with Gasteiger partial charge in [-0.2, -0.15) is 0 Å². The maximum atomic E-state index is 12.4. The molecule has 0 unspecified atom stereocenters. The number of ketones is 1. The van der Waals surface area contributed by atoms with Gasteiger partial charge >= 0.3 is 0 Å². The molecule has 0 bridgehead atoms. The van der Waals surface area contributed by atoms with Crippen LogP contribution in [0.25, 0.3) is 6.08 Å². The van der Waals surface area contributed by atoms with Gasteiger partial charge in [0.2, 0.25) is 10.0 Å². The fourth-order valence-electron chi connectivity index (χ4n) is 2.18. The molecule has 0 aromatic heterocycles. The Morgan fingerprint density at radius 1 is 1.08 bits per heavy atom. The van der Waals surface area contributed by atoms with Crippen LogP contribution in [0.2, 0.25) is 0 Å². The van der Waals surface area contributed by atoms with Crippen LogP contribution in [-0.4, -0.2) is 34.7 Å². The average Bonchev–Trinajstić information content (AvgIpc) is 2.58. The third kappa shape index (κ3) is 5.36. The predicted molar refractivity (Wildman–Crippen MR) is 97.8 cm³/mol. The minimum atomic E-state index is -3.40. The summed E-state index contributed by atoms with van der Waals surface area (Å²) in [6.45, 7) is 0.